The average Bonchev–Trinajstić information content (AvgIpc) is 2.82. The quantitative estimate of drug-likeness (QED) is 0.849. The van der Waals surface area contributed by atoms with Crippen LogP contribution in [0.5, 0.6) is 0 Å². The summed E-state index contributed by atoms with van der Waals surface area (Å²) in [6, 6.07) is 11.0. The van der Waals surface area contributed by atoms with Crippen LogP contribution in [-0.4, -0.2) is 40.4 Å². The van der Waals surface area contributed by atoms with E-state index in [1.807, 2.05) is 0 Å². The number of likely N-dealkylation sites (tertiary alicyclic amines) is 2. The van der Waals surface area contributed by atoms with Crippen molar-refractivity contribution in [2.45, 2.75) is 64.6 Å². The average molecular weight is 314 g/mol. The molecule has 2 fully saturated rings. The molecule has 2 aliphatic rings. The number of hydrogen-bond donors (Lipinski definition) is 0. The molecule has 3 nitrogen and oxygen atoms in total. The number of carbonyl (C=O) groups is 1. The van der Waals surface area contributed by atoms with Gasteiger partial charge in [-0.25, -0.2) is 0 Å². The summed E-state index contributed by atoms with van der Waals surface area (Å²) >= 11 is 0. The van der Waals surface area contributed by atoms with Crippen molar-refractivity contribution in [3.05, 3.63) is 35.9 Å². The highest BCUT2D eigenvalue weighted by atomic mass is 16.2. The smallest absolute Gasteiger partial charge is 0.226 e. The summed E-state index contributed by atoms with van der Waals surface area (Å²) in [5.74, 6) is 0.626. The van der Waals surface area contributed by atoms with Crippen molar-refractivity contribution in [1.29, 1.82) is 0 Å². The first kappa shape index (κ1) is 16.5. The summed E-state index contributed by atoms with van der Waals surface area (Å²) in [7, 11) is 0. The standard InChI is InChI=1S/C20H30N2O/c1-16-9-12-20(2,3)22(16)19(23)18-10-13-21(14-11-18)15-17-7-5-4-6-8-17/h4-8,16,18H,9-15H2,1-3H3. The molecular weight excluding hydrogens is 284 g/mol. The molecule has 1 amide bonds. The van der Waals surface area contributed by atoms with Gasteiger partial charge < -0.3 is 4.90 Å². The van der Waals surface area contributed by atoms with Crippen LogP contribution in [0.25, 0.3) is 0 Å². The molecule has 1 aromatic carbocycles. The Balaban J connectivity index is 1.55. The topological polar surface area (TPSA) is 23.6 Å². The zero-order valence-corrected chi connectivity index (χ0v) is 14.8. The van der Waals surface area contributed by atoms with Crippen molar-refractivity contribution in [3.63, 3.8) is 0 Å². The van der Waals surface area contributed by atoms with E-state index in [4.69, 9.17) is 0 Å². The summed E-state index contributed by atoms with van der Waals surface area (Å²) in [5.41, 5.74) is 1.41. The molecule has 1 aromatic rings. The van der Waals surface area contributed by atoms with Gasteiger partial charge in [-0.05, 0) is 65.1 Å². The van der Waals surface area contributed by atoms with E-state index in [1.165, 1.54) is 5.56 Å². The second-order valence-corrected chi connectivity index (χ2v) is 7.94. The molecule has 2 aliphatic heterocycles. The lowest BCUT2D eigenvalue weighted by Crippen LogP contribution is -2.50. The van der Waals surface area contributed by atoms with Gasteiger partial charge in [0.2, 0.25) is 5.91 Å². The molecule has 0 radical (unpaired) electrons. The van der Waals surface area contributed by atoms with Crippen LogP contribution in [0.2, 0.25) is 0 Å². The van der Waals surface area contributed by atoms with Gasteiger partial charge in [0, 0.05) is 24.0 Å². The van der Waals surface area contributed by atoms with E-state index < -0.39 is 0 Å². The second-order valence-electron chi connectivity index (χ2n) is 7.94. The van der Waals surface area contributed by atoms with Gasteiger partial charge in [-0.15, -0.1) is 0 Å². The number of hydrogen-bond acceptors (Lipinski definition) is 2. The molecule has 2 heterocycles. The molecule has 126 valence electrons. The Hall–Kier alpha value is -1.35. The van der Waals surface area contributed by atoms with Crippen LogP contribution in [0.1, 0.15) is 52.0 Å². The lowest BCUT2D eigenvalue weighted by Gasteiger charge is -2.40. The number of amides is 1. The number of rotatable bonds is 3. The van der Waals surface area contributed by atoms with Gasteiger partial charge in [0.25, 0.3) is 0 Å². The van der Waals surface area contributed by atoms with Crippen molar-refractivity contribution in [2.24, 2.45) is 5.92 Å². The summed E-state index contributed by atoms with van der Waals surface area (Å²) in [6.07, 6.45) is 4.29. The summed E-state index contributed by atoms with van der Waals surface area (Å²) in [6.45, 7) is 9.73. The van der Waals surface area contributed by atoms with Crippen molar-refractivity contribution >= 4 is 5.91 Å². The highest BCUT2D eigenvalue weighted by Gasteiger charge is 2.42. The summed E-state index contributed by atoms with van der Waals surface area (Å²) < 4.78 is 0. The third-order valence-electron chi connectivity index (χ3n) is 5.69. The lowest BCUT2D eigenvalue weighted by atomic mass is 9.92. The predicted octanol–water partition coefficient (Wildman–Crippen LogP) is 3.69. The molecule has 3 rings (SSSR count). The van der Waals surface area contributed by atoms with Gasteiger partial charge >= 0.3 is 0 Å². The van der Waals surface area contributed by atoms with Crippen LogP contribution < -0.4 is 0 Å². The Morgan fingerprint density at radius 1 is 1.13 bits per heavy atom. The minimum Gasteiger partial charge on any atom is -0.335 e. The Morgan fingerprint density at radius 3 is 2.35 bits per heavy atom. The maximum atomic E-state index is 13.0. The molecule has 23 heavy (non-hydrogen) atoms. The molecule has 1 unspecified atom stereocenters. The molecule has 1 atom stereocenters. The molecule has 0 N–H and O–H groups in total. The van der Waals surface area contributed by atoms with Gasteiger partial charge in [0.05, 0.1) is 0 Å². The lowest BCUT2D eigenvalue weighted by molar-refractivity contribution is -0.142. The zero-order chi connectivity index (χ0) is 16.4. The normalized spacial score (nSPS) is 25.7. The molecular formula is C20H30N2O. The SMILES string of the molecule is CC1CCC(C)(C)N1C(=O)C1CCN(Cc2ccccc2)CC1. The van der Waals surface area contributed by atoms with E-state index >= 15 is 0 Å². The van der Waals surface area contributed by atoms with Gasteiger partial charge in [0.15, 0.2) is 0 Å². The Bertz CT molecular complexity index is 532. The number of carbonyl (C=O) groups excluding carboxylic acids is 1. The summed E-state index contributed by atoms with van der Waals surface area (Å²) in [4.78, 5) is 17.7. The van der Waals surface area contributed by atoms with E-state index in [0.29, 0.717) is 11.9 Å². The van der Waals surface area contributed by atoms with Crippen molar-refractivity contribution in [1.82, 2.24) is 9.80 Å². The first-order valence-electron chi connectivity index (χ1n) is 9.07. The fourth-order valence-electron chi connectivity index (χ4n) is 4.30. The van der Waals surface area contributed by atoms with Gasteiger partial charge in [-0.3, -0.25) is 9.69 Å². The van der Waals surface area contributed by atoms with E-state index in [2.05, 4.69) is 60.9 Å². The minimum atomic E-state index is 0.0394. The van der Waals surface area contributed by atoms with Crippen LogP contribution >= 0.6 is 0 Å². The van der Waals surface area contributed by atoms with Crippen LogP contribution in [0.3, 0.4) is 0 Å². The first-order valence-corrected chi connectivity index (χ1v) is 9.07. The van der Waals surface area contributed by atoms with Crippen LogP contribution in [-0.2, 0) is 11.3 Å². The highest BCUT2D eigenvalue weighted by Crippen LogP contribution is 2.36. The predicted molar refractivity (Wildman–Crippen MR) is 94.1 cm³/mol. The minimum absolute atomic E-state index is 0.0394. The Labute approximate surface area is 140 Å². The number of piperidine rings is 1. The van der Waals surface area contributed by atoms with E-state index in [1.54, 1.807) is 0 Å². The van der Waals surface area contributed by atoms with E-state index in [9.17, 15) is 4.79 Å². The Kier molecular flexibility index (Phi) is 4.77. The van der Waals surface area contributed by atoms with Gasteiger partial charge in [-0.1, -0.05) is 30.3 Å². The third-order valence-corrected chi connectivity index (χ3v) is 5.69. The fraction of sp³-hybridized carbons (Fsp3) is 0.650. The van der Waals surface area contributed by atoms with Crippen LogP contribution in [0, 0.1) is 5.92 Å². The fourth-order valence-corrected chi connectivity index (χ4v) is 4.30. The first-order chi connectivity index (χ1) is 11.0. The molecule has 0 aromatic heterocycles. The van der Waals surface area contributed by atoms with Crippen molar-refractivity contribution < 1.29 is 4.79 Å². The van der Waals surface area contributed by atoms with E-state index in [-0.39, 0.29) is 11.5 Å². The molecule has 0 spiro atoms. The largest absolute Gasteiger partial charge is 0.335 e. The summed E-state index contributed by atoms with van der Waals surface area (Å²) in [5, 5.41) is 0. The highest BCUT2D eigenvalue weighted by molar-refractivity contribution is 5.80. The molecule has 2 saturated heterocycles. The van der Waals surface area contributed by atoms with Crippen molar-refractivity contribution in [3.8, 4) is 0 Å². The number of benzene rings is 1. The van der Waals surface area contributed by atoms with E-state index in [0.717, 1.165) is 45.3 Å². The maximum Gasteiger partial charge on any atom is 0.226 e. The molecule has 0 bridgehead atoms. The molecule has 3 heteroatoms. The molecule has 0 saturated carbocycles. The third kappa shape index (κ3) is 3.60. The van der Waals surface area contributed by atoms with Gasteiger partial charge in [0.1, 0.15) is 0 Å². The van der Waals surface area contributed by atoms with Crippen LogP contribution in [0.4, 0.5) is 0 Å². The van der Waals surface area contributed by atoms with Gasteiger partial charge in [-0.2, -0.15) is 0 Å². The molecule has 0 aliphatic carbocycles. The number of nitrogens with zero attached hydrogens (tertiary/aromatic N) is 2. The van der Waals surface area contributed by atoms with Crippen LogP contribution in [0.15, 0.2) is 30.3 Å². The zero-order valence-electron chi connectivity index (χ0n) is 14.8. The monoisotopic (exact) mass is 314 g/mol. The Morgan fingerprint density at radius 2 is 1.78 bits per heavy atom. The maximum absolute atomic E-state index is 13.0. The van der Waals surface area contributed by atoms with Crippen molar-refractivity contribution in [2.75, 3.05) is 13.1 Å². The second kappa shape index (κ2) is 6.64.